The Balaban J connectivity index is 2.76. The molecule has 2 aromatic rings. The van der Waals surface area contributed by atoms with Gasteiger partial charge in [0.05, 0.1) is 7.11 Å². The van der Waals surface area contributed by atoms with E-state index in [1.807, 2.05) is 25.2 Å². The van der Waals surface area contributed by atoms with Crippen molar-refractivity contribution < 1.29 is 4.74 Å². The van der Waals surface area contributed by atoms with Gasteiger partial charge in [0.2, 0.25) is 0 Å². The SMILES string of the molecule is COc1cc(CN(C)S)c(-c2ccc[nH]c2=O)cc1C(C)(C)C. The summed E-state index contributed by atoms with van der Waals surface area (Å²) < 4.78 is 7.37. The second-order valence-electron chi connectivity index (χ2n) is 6.69. The number of ether oxygens (including phenoxy) is 1. The number of benzene rings is 1. The van der Waals surface area contributed by atoms with Crippen molar-refractivity contribution in [3.8, 4) is 16.9 Å². The molecule has 0 aliphatic heterocycles. The molecule has 23 heavy (non-hydrogen) atoms. The van der Waals surface area contributed by atoms with E-state index in [4.69, 9.17) is 4.74 Å². The second kappa shape index (κ2) is 6.81. The molecule has 124 valence electrons. The summed E-state index contributed by atoms with van der Waals surface area (Å²) in [6, 6.07) is 7.76. The first kappa shape index (κ1) is 17.6. The summed E-state index contributed by atoms with van der Waals surface area (Å²) >= 11 is 4.35. The van der Waals surface area contributed by atoms with Crippen LogP contribution in [0, 0.1) is 0 Å². The van der Waals surface area contributed by atoms with Gasteiger partial charge < -0.3 is 9.72 Å². The van der Waals surface area contributed by atoms with Gasteiger partial charge >= 0.3 is 0 Å². The van der Waals surface area contributed by atoms with Crippen molar-refractivity contribution in [3.05, 3.63) is 51.9 Å². The number of aromatic amines is 1. The highest BCUT2D eigenvalue weighted by Crippen LogP contribution is 2.37. The maximum absolute atomic E-state index is 12.3. The number of nitrogens with one attached hydrogen (secondary N) is 1. The first-order chi connectivity index (χ1) is 10.7. The van der Waals surface area contributed by atoms with Crippen LogP contribution in [0.5, 0.6) is 5.75 Å². The zero-order valence-corrected chi connectivity index (χ0v) is 15.2. The topological polar surface area (TPSA) is 45.3 Å². The van der Waals surface area contributed by atoms with Crippen molar-refractivity contribution in [1.29, 1.82) is 0 Å². The predicted molar refractivity (Wildman–Crippen MR) is 98.2 cm³/mol. The lowest BCUT2D eigenvalue weighted by Gasteiger charge is -2.25. The third-order valence-electron chi connectivity index (χ3n) is 3.74. The normalized spacial score (nSPS) is 11.8. The van der Waals surface area contributed by atoms with Gasteiger partial charge in [-0.2, -0.15) is 0 Å². The zero-order chi connectivity index (χ0) is 17.2. The van der Waals surface area contributed by atoms with Crippen molar-refractivity contribution in [2.24, 2.45) is 0 Å². The van der Waals surface area contributed by atoms with Gasteiger partial charge in [-0.25, -0.2) is 0 Å². The number of pyridine rings is 1. The van der Waals surface area contributed by atoms with E-state index in [2.05, 4.69) is 44.6 Å². The minimum atomic E-state index is -0.0967. The number of H-pyrrole nitrogens is 1. The van der Waals surface area contributed by atoms with Crippen molar-refractivity contribution >= 4 is 12.8 Å². The molecule has 1 aromatic heterocycles. The molecule has 4 nitrogen and oxygen atoms in total. The lowest BCUT2D eigenvalue weighted by atomic mass is 9.83. The van der Waals surface area contributed by atoms with Gasteiger partial charge in [-0.05, 0) is 47.9 Å². The van der Waals surface area contributed by atoms with Crippen LogP contribution in [0.25, 0.3) is 11.1 Å². The van der Waals surface area contributed by atoms with Gasteiger partial charge in [0, 0.05) is 23.9 Å². The fourth-order valence-electron chi connectivity index (χ4n) is 2.64. The van der Waals surface area contributed by atoms with Gasteiger partial charge in [0.1, 0.15) is 5.75 Å². The van der Waals surface area contributed by atoms with Gasteiger partial charge in [-0.3, -0.25) is 9.10 Å². The van der Waals surface area contributed by atoms with E-state index in [9.17, 15) is 4.79 Å². The zero-order valence-electron chi connectivity index (χ0n) is 14.3. The molecule has 0 aliphatic carbocycles. The summed E-state index contributed by atoms with van der Waals surface area (Å²) in [7, 11) is 3.56. The number of nitrogens with zero attached hydrogens (tertiary/aromatic N) is 1. The molecular formula is C18H24N2O2S. The Morgan fingerprint density at radius 3 is 2.48 bits per heavy atom. The largest absolute Gasteiger partial charge is 0.496 e. The average Bonchev–Trinajstić information content (AvgIpc) is 2.46. The van der Waals surface area contributed by atoms with Gasteiger partial charge in [-0.15, -0.1) is 0 Å². The summed E-state index contributed by atoms with van der Waals surface area (Å²) in [5.74, 6) is 0.832. The fourth-order valence-corrected chi connectivity index (χ4v) is 2.79. The maximum atomic E-state index is 12.3. The standard InChI is InChI=1S/C18H24N2O2S/c1-18(2,3)15-10-14(13-7-6-8-19-17(13)21)12(11-20(4)23)9-16(15)22-5/h6-10,23H,11H2,1-5H3,(H,19,21). The Morgan fingerprint density at radius 2 is 1.96 bits per heavy atom. The molecule has 0 saturated carbocycles. The molecule has 0 unspecified atom stereocenters. The van der Waals surface area contributed by atoms with Crippen LogP contribution < -0.4 is 10.3 Å². The molecule has 0 atom stereocenters. The van der Waals surface area contributed by atoms with Crippen LogP contribution in [0.1, 0.15) is 31.9 Å². The molecule has 1 aromatic carbocycles. The Kier molecular flexibility index (Phi) is 5.22. The van der Waals surface area contributed by atoms with Gasteiger partial charge in [-0.1, -0.05) is 33.6 Å². The highest BCUT2D eigenvalue weighted by Gasteiger charge is 2.22. The van der Waals surface area contributed by atoms with Crippen LogP contribution in [0.2, 0.25) is 0 Å². The molecule has 2 rings (SSSR count). The minimum Gasteiger partial charge on any atom is -0.496 e. The number of thiol groups is 1. The fraction of sp³-hybridized carbons (Fsp3) is 0.389. The third kappa shape index (κ3) is 3.98. The minimum absolute atomic E-state index is 0.0902. The summed E-state index contributed by atoms with van der Waals surface area (Å²) in [4.78, 5) is 15.0. The Hall–Kier alpha value is -1.72. The van der Waals surface area contributed by atoms with E-state index in [0.29, 0.717) is 12.1 Å². The Morgan fingerprint density at radius 1 is 1.26 bits per heavy atom. The second-order valence-corrected chi connectivity index (χ2v) is 7.37. The number of methoxy groups -OCH3 is 1. The molecule has 5 heteroatoms. The van der Waals surface area contributed by atoms with Crippen LogP contribution in [-0.4, -0.2) is 23.4 Å². The summed E-state index contributed by atoms with van der Waals surface area (Å²) in [5, 5.41) is 0. The number of rotatable bonds is 4. The van der Waals surface area contributed by atoms with Crippen molar-refractivity contribution in [2.45, 2.75) is 32.7 Å². The quantitative estimate of drug-likeness (QED) is 0.841. The summed E-state index contributed by atoms with van der Waals surface area (Å²) in [5.41, 5.74) is 3.46. The molecule has 0 aliphatic rings. The van der Waals surface area contributed by atoms with E-state index in [0.717, 1.165) is 22.4 Å². The Labute approximate surface area is 143 Å². The van der Waals surface area contributed by atoms with Crippen LogP contribution in [0.3, 0.4) is 0 Å². The number of aromatic nitrogens is 1. The number of hydrogen-bond acceptors (Lipinski definition) is 4. The van der Waals surface area contributed by atoms with E-state index in [-0.39, 0.29) is 11.0 Å². The van der Waals surface area contributed by atoms with Gasteiger partial charge in [0.15, 0.2) is 0 Å². The van der Waals surface area contributed by atoms with Crippen molar-refractivity contribution in [3.63, 3.8) is 0 Å². The summed E-state index contributed by atoms with van der Waals surface area (Å²) in [6.07, 6.45) is 1.64. The first-order valence-electron chi connectivity index (χ1n) is 7.53. The highest BCUT2D eigenvalue weighted by atomic mass is 32.1. The molecule has 0 fully saturated rings. The number of hydrogen-bond donors (Lipinski definition) is 2. The molecule has 0 amide bonds. The van der Waals surface area contributed by atoms with E-state index >= 15 is 0 Å². The smallest absolute Gasteiger partial charge is 0.255 e. The van der Waals surface area contributed by atoms with Crippen molar-refractivity contribution in [2.75, 3.05) is 14.2 Å². The molecule has 1 N–H and O–H groups in total. The molecule has 0 saturated heterocycles. The lowest BCUT2D eigenvalue weighted by molar-refractivity contribution is 0.396. The Bertz CT molecular complexity index is 745. The monoisotopic (exact) mass is 332 g/mol. The summed E-state index contributed by atoms with van der Waals surface area (Å²) in [6.45, 7) is 7.00. The molecule has 1 heterocycles. The molecular weight excluding hydrogens is 308 g/mol. The van der Waals surface area contributed by atoms with Gasteiger partial charge in [0.25, 0.3) is 5.56 Å². The van der Waals surface area contributed by atoms with Crippen LogP contribution in [0.15, 0.2) is 35.3 Å². The molecule has 0 bridgehead atoms. The molecule has 0 radical (unpaired) electrons. The highest BCUT2D eigenvalue weighted by molar-refractivity contribution is 7.77. The predicted octanol–water partition coefficient (Wildman–Crippen LogP) is 3.62. The van der Waals surface area contributed by atoms with E-state index in [1.165, 1.54) is 0 Å². The van der Waals surface area contributed by atoms with Crippen LogP contribution >= 0.6 is 12.8 Å². The van der Waals surface area contributed by atoms with Crippen molar-refractivity contribution in [1.82, 2.24) is 9.29 Å². The van der Waals surface area contributed by atoms with Crippen LogP contribution in [0.4, 0.5) is 0 Å². The van der Waals surface area contributed by atoms with Crippen LogP contribution in [-0.2, 0) is 12.0 Å². The average molecular weight is 332 g/mol. The van der Waals surface area contributed by atoms with E-state index < -0.39 is 0 Å². The van der Waals surface area contributed by atoms with E-state index in [1.54, 1.807) is 17.6 Å². The molecule has 0 spiro atoms. The maximum Gasteiger partial charge on any atom is 0.255 e. The lowest BCUT2D eigenvalue weighted by Crippen LogP contribution is -2.16. The first-order valence-corrected chi connectivity index (χ1v) is 7.93. The third-order valence-corrected chi connectivity index (χ3v) is 3.88.